The summed E-state index contributed by atoms with van der Waals surface area (Å²) in [5.41, 5.74) is 4.18. The number of aliphatic carboxylic acids is 1. The summed E-state index contributed by atoms with van der Waals surface area (Å²) in [7, 11) is 0. The van der Waals surface area contributed by atoms with Crippen LogP contribution in [0.25, 0.3) is 0 Å². The Morgan fingerprint density at radius 2 is 1.50 bits per heavy atom. The predicted octanol–water partition coefficient (Wildman–Crippen LogP) is 8.44. The van der Waals surface area contributed by atoms with Gasteiger partial charge in [-0.1, -0.05) is 43.4 Å². The molecule has 5 nitrogen and oxygen atoms in total. The second-order valence-electron chi connectivity index (χ2n) is 15.2. The van der Waals surface area contributed by atoms with E-state index in [0.717, 1.165) is 29.8 Å². The minimum atomic E-state index is -0.825. The van der Waals surface area contributed by atoms with Crippen molar-refractivity contribution in [1.82, 2.24) is 0 Å². The molecule has 5 fully saturated rings. The molecule has 0 heterocycles. The zero-order valence-electron chi connectivity index (χ0n) is 27.1. The zero-order valence-corrected chi connectivity index (χ0v) is 27.1. The van der Waals surface area contributed by atoms with Crippen LogP contribution in [-0.2, 0) is 4.79 Å². The quantitative estimate of drug-likeness (QED) is 0.205. The summed E-state index contributed by atoms with van der Waals surface area (Å²) >= 11 is 0. The van der Waals surface area contributed by atoms with Crippen LogP contribution in [-0.4, -0.2) is 41.1 Å². The highest BCUT2D eigenvalue weighted by molar-refractivity contribution is 5.69. The van der Waals surface area contributed by atoms with E-state index in [9.17, 15) is 4.79 Å². The van der Waals surface area contributed by atoms with Crippen LogP contribution in [0.2, 0.25) is 0 Å². The number of hydrogen-bond donors (Lipinski definition) is 3. The molecule has 7 rings (SSSR count). The van der Waals surface area contributed by atoms with Crippen LogP contribution in [0.4, 0.5) is 0 Å². The van der Waals surface area contributed by atoms with Gasteiger partial charge in [0.05, 0.1) is 25.6 Å². The molecule has 1 aromatic carbocycles. The maximum atomic E-state index is 11.0. The van der Waals surface area contributed by atoms with E-state index in [4.69, 9.17) is 20.1 Å². The van der Waals surface area contributed by atoms with Gasteiger partial charge in [-0.05, 0) is 148 Å². The standard InChI is InChI=1S/C21H26O3.C9H16O.C9H14O/c1-2-4-18(13-20(22)23)17-5-7-19(8-6-17)24-15-16-9-12-21(14-16)10-3-11-21;2*10-7-8-2-5-9(6-8)3-1-4-9/h5-8,16,18H,3,9-15H2,1H3,(H,22,23);8,10H,1-7H2;6,10H,1-5,7H2/t16?,18-;;/m0../s1. The van der Waals surface area contributed by atoms with E-state index in [1.54, 1.807) is 6.92 Å². The van der Waals surface area contributed by atoms with Gasteiger partial charge in [0.1, 0.15) is 5.75 Å². The van der Waals surface area contributed by atoms with E-state index in [1.807, 2.05) is 24.3 Å². The lowest BCUT2D eigenvalue weighted by atomic mass is 9.67. The molecule has 3 atom stereocenters. The number of benzene rings is 1. The topological polar surface area (TPSA) is 87.0 Å². The first-order valence-corrected chi connectivity index (χ1v) is 17.6. The second kappa shape index (κ2) is 14.9. The third kappa shape index (κ3) is 8.29. The Labute approximate surface area is 265 Å². The third-order valence-corrected chi connectivity index (χ3v) is 12.2. The van der Waals surface area contributed by atoms with Gasteiger partial charge in [0.15, 0.2) is 0 Å². The third-order valence-electron chi connectivity index (χ3n) is 12.2. The molecule has 6 aliphatic rings. The predicted molar refractivity (Wildman–Crippen MR) is 175 cm³/mol. The van der Waals surface area contributed by atoms with E-state index in [0.29, 0.717) is 35.9 Å². The normalized spacial score (nSPS) is 26.8. The second-order valence-corrected chi connectivity index (χ2v) is 15.2. The molecule has 0 saturated heterocycles. The molecule has 0 bridgehead atoms. The van der Waals surface area contributed by atoms with Crippen molar-refractivity contribution in [2.24, 2.45) is 28.1 Å². The smallest absolute Gasteiger partial charge is 0.304 e. The SMILES string of the molecule is CC#C[C@@H](CC(=O)O)c1ccc(OCC2CCC3(CCC3)C2)cc1.OCC1=CC2(CCC2)CC1.OCC1CCC2(CCC2)C1. The number of allylic oxidation sites excluding steroid dienone is 1. The van der Waals surface area contributed by atoms with Crippen LogP contribution in [0, 0.1) is 39.9 Å². The van der Waals surface area contributed by atoms with E-state index >= 15 is 0 Å². The maximum absolute atomic E-state index is 11.0. The molecule has 3 spiro atoms. The molecule has 242 valence electrons. The largest absolute Gasteiger partial charge is 0.493 e. The molecule has 0 aliphatic heterocycles. The average Bonchev–Trinajstić information content (AvgIpc) is 3.73. The molecule has 0 amide bonds. The lowest BCUT2D eigenvalue weighted by Crippen LogP contribution is -2.26. The molecule has 5 saturated carbocycles. The van der Waals surface area contributed by atoms with E-state index in [1.165, 1.54) is 108 Å². The Balaban J connectivity index is 0.000000156. The number of ether oxygens (including phenoxy) is 1. The molecule has 6 aliphatic carbocycles. The van der Waals surface area contributed by atoms with Crippen molar-refractivity contribution < 1.29 is 24.9 Å². The molecule has 3 N–H and O–H groups in total. The summed E-state index contributed by atoms with van der Waals surface area (Å²) < 4.78 is 5.98. The van der Waals surface area contributed by atoms with Crippen molar-refractivity contribution in [1.29, 1.82) is 0 Å². The van der Waals surface area contributed by atoms with Crippen LogP contribution >= 0.6 is 0 Å². The van der Waals surface area contributed by atoms with Gasteiger partial charge in [0, 0.05) is 6.61 Å². The Hall–Kier alpha value is -2.29. The van der Waals surface area contributed by atoms with Gasteiger partial charge in [-0.15, -0.1) is 5.92 Å². The first-order chi connectivity index (χ1) is 21.3. The van der Waals surface area contributed by atoms with Crippen LogP contribution < -0.4 is 4.74 Å². The minimum Gasteiger partial charge on any atom is -0.493 e. The fourth-order valence-corrected chi connectivity index (χ4v) is 8.96. The maximum Gasteiger partial charge on any atom is 0.304 e. The number of aliphatic hydroxyl groups is 2. The lowest BCUT2D eigenvalue weighted by molar-refractivity contribution is -0.137. The van der Waals surface area contributed by atoms with E-state index < -0.39 is 5.97 Å². The molecular weight excluding hydrogens is 548 g/mol. The lowest BCUT2D eigenvalue weighted by Gasteiger charge is -2.38. The Kier molecular flexibility index (Phi) is 11.2. The number of rotatable bonds is 8. The molecule has 44 heavy (non-hydrogen) atoms. The van der Waals surface area contributed by atoms with Crippen LogP contribution in [0.1, 0.15) is 134 Å². The summed E-state index contributed by atoms with van der Waals surface area (Å²) in [6.07, 6.45) is 25.6. The van der Waals surface area contributed by atoms with E-state index in [2.05, 4.69) is 17.9 Å². The highest BCUT2D eigenvalue weighted by Crippen LogP contribution is 2.56. The van der Waals surface area contributed by atoms with Crippen molar-refractivity contribution in [3.8, 4) is 17.6 Å². The number of hydrogen-bond acceptors (Lipinski definition) is 4. The van der Waals surface area contributed by atoms with Gasteiger partial charge in [-0.3, -0.25) is 4.79 Å². The summed E-state index contributed by atoms with van der Waals surface area (Å²) in [6, 6.07) is 7.76. The molecule has 0 aromatic heterocycles. The Morgan fingerprint density at radius 1 is 0.886 bits per heavy atom. The average molecular weight is 605 g/mol. The minimum absolute atomic E-state index is 0.0329. The Morgan fingerprint density at radius 3 is 1.91 bits per heavy atom. The summed E-state index contributed by atoms with van der Waals surface area (Å²) in [4.78, 5) is 11.0. The summed E-state index contributed by atoms with van der Waals surface area (Å²) in [5.74, 6) is 6.93. The van der Waals surface area contributed by atoms with Crippen molar-refractivity contribution in [2.45, 2.75) is 128 Å². The van der Waals surface area contributed by atoms with Gasteiger partial charge in [-0.2, -0.15) is 0 Å². The monoisotopic (exact) mass is 604 g/mol. The Bertz CT molecular complexity index is 1180. The highest BCUT2D eigenvalue weighted by atomic mass is 16.5. The molecule has 5 heteroatoms. The van der Waals surface area contributed by atoms with Crippen LogP contribution in [0.15, 0.2) is 35.9 Å². The zero-order chi connectivity index (χ0) is 31.0. The van der Waals surface area contributed by atoms with Gasteiger partial charge in [-0.25, -0.2) is 0 Å². The van der Waals surface area contributed by atoms with Crippen molar-refractivity contribution in [3.63, 3.8) is 0 Å². The van der Waals surface area contributed by atoms with Gasteiger partial charge >= 0.3 is 5.97 Å². The van der Waals surface area contributed by atoms with Gasteiger partial charge < -0.3 is 20.1 Å². The highest BCUT2D eigenvalue weighted by Gasteiger charge is 2.44. The molecular formula is C39H56O5. The van der Waals surface area contributed by atoms with Crippen LogP contribution in [0.3, 0.4) is 0 Å². The van der Waals surface area contributed by atoms with E-state index in [-0.39, 0.29) is 12.3 Å². The summed E-state index contributed by atoms with van der Waals surface area (Å²) in [6.45, 7) is 3.26. The number of carbonyl (C=O) groups is 1. The number of carboxylic acid groups (broad SMARTS) is 1. The van der Waals surface area contributed by atoms with Crippen molar-refractivity contribution in [3.05, 3.63) is 41.5 Å². The molecule has 0 radical (unpaired) electrons. The first kappa shape index (κ1) is 33.1. The van der Waals surface area contributed by atoms with Gasteiger partial charge in [0.25, 0.3) is 0 Å². The fraction of sp³-hybridized carbons (Fsp3) is 0.718. The molecule has 2 unspecified atom stereocenters. The summed E-state index contributed by atoms with van der Waals surface area (Å²) in [5, 5.41) is 26.8. The van der Waals surface area contributed by atoms with Crippen molar-refractivity contribution in [2.75, 3.05) is 19.8 Å². The number of aliphatic hydroxyl groups excluding tert-OH is 2. The van der Waals surface area contributed by atoms with Gasteiger partial charge in [0.2, 0.25) is 0 Å². The molecule has 1 aromatic rings. The number of carboxylic acids is 1. The van der Waals surface area contributed by atoms with Crippen molar-refractivity contribution >= 4 is 5.97 Å². The first-order valence-electron chi connectivity index (χ1n) is 17.6. The van der Waals surface area contributed by atoms with Crippen LogP contribution in [0.5, 0.6) is 5.75 Å². The fourth-order valence-electron chi connectivity index (χ4n) is 8.96.